The fourth-order valence-electron chi connectivity index (χ4n) is 1.93. The first-order chi connectivity index (χ1) is 7.20. The Morgan fingerprint density at radius 3 is 2.80 bits per heavy atom. The van der Waals surface area contributed by atoms with E-state index in [0.717, 1.165) is 25.1 Å². The van der Waals surface area contributed by atoms with Gasteiger partial charge in [0.05, 0.1) is 0 Å². The molecule has 2 amide bonds. The van der Waals surface area contributed by atoms with Gasteiger partial charge in [-0.1, -0.05) is 6.08 Å². The molecule has 82 valence electrons. The third-order valence-corrected chi connectivity index (χ3v) is 2.95. The minimum Gasteiger partial charge on any atom is -0.368 e. The highest BCUT2D eigenvalue weighted by atomic mass is 16.2. The summed E-state index contributed by atoms with van der Waals surface area (Å²) < 4.78 is 0. The van der Waals surface area contributed by atoms with Crippen LogP contribution in [0.4, 0.5) is 0 Å². The van der Waals surface area contributed by atoms with E-state index in [9.17, 15) is 9.59 Å². The lowest BCUT2D eigenvalue weighted by atomic mass is 9.99. The van der Waals surface area contributed by atoms with Gasteiger partial charge < -0.3 is 16.0 Å². The van der Waals surface area contributed by atoms with Crippen molar-refractivity contribution in [1.29, 1.82) is 0 Å². The van der Waals surface area contributed by atoms with Gasteiger partial charge in [-0.3, -0.25) is 9.59 Å². The topological polar surface area (TPSA) is 75.4 Å². The van der Waals surface area contributed by atoms with Crippen LogP contribution in [0.15, 0.2) is 11.6 Å². The molecule has 0 aromatic carbocycles. The molecule has 15 heavy (non-hydrogen) atoms. The molecule has 2 aliphatic rings. The Balaban J connectivity index is 2.02. The summed E-state index contributed by atoms with van der Waals surface area (Å²) in [7, 11) is 0. The van der Waals surface area contributed by atoms with Crippen molar-refractivity contribution in [3.63, 3.8) is 0 Å². The zero-order valence-electron chi connectivity index (χ0n) is 8.53. The minimum atomic E-state index is -0.399. The second-order valence-electron chi connectivity index (χ2n) is 3.89. The predicted molar refractivity (Wildman–Crippen MR) is 54.9 cm³/mol. The van der Waals surface area contributed by atoms with Gasteiger partial charge >= 0.3 is 0 Å². The van der Waals surface area contributed by atoms with Crippen LogP contribution in [-0.4, -0.2) is 42.4 Å². The second-order valence-corrected chi connectivity index (χ2v) is 3.89. The van der Waals surface area contributed by atoms with E-state index in [-0.39, 0.29) is 11.9 Å². The molecule has 2 aliphatic heterocycles. The number of likely N-dealkylation sites (tertiary alicyclic amines) is 1. The average molecular weight is 209 g/mol. The van der Waals surface area contributed by atoms with Crippen LogP contribution in [-0.2, 0) is 9.59 Å². The molecule has 1 unspecified atom stereocenters. The zero-order chi connectivity index (χ0) is 10.8. The van der Waals surface area contributed by atoms with Crippen molar-refractivity contribution in [2.24, 2.45) is 5.73 Å². The molecule has 0 saturated carbocycles. The average Bonchev–Trinajstić information content (AvgIpc) is 2.16. The predicted octanol–water partition coefficient (Wildman–Crippen LogP) is -1.01. The Morgan fingerprint density at radius 1 is 1.53 bits per heavy atom. The third-order valence-electron chi connectivity index (χ3n) is 2.95. The lowest BCUT2D eigenvalue weighted by molar-refractivity contribution is -0.143. The van der Waals surface area contributed by atoms with Gasteiger partial charge in [0, 0.05) is 18.7 Å². The van der Waals surface area contributed by atoms with E-state index in [1.165, 1.54) is 0 Å². The summed E-state index contributed by atoms with van der Waals surface area (Å²) >= 11 is 0. The van der Waals surface area contributed by atoms with Crippen LogP contribution in [0, 0.1) is 0 Å². The zero-order valence-corrected chi connectivity index (χ0v) is 8.53. The van der Waals surface area contributed by atoms with Crippen LogP contribution in [0.1, 0.15) is 12.8 Å². The highest BCUT2D eigenvalue weighted by Gasteiger charge is 2.37. The largest absolute Gasteiger partial charge is 0.368 e. The number of rotatable bonds is 2. The van der Waals surface area contributed by atoms with Gasteiger partial charge in [-0.05, 0) is 19.4 Å². The van der Waals surface area contributed by atoms with E-state index >= 15 is 0 Å². The van der Waals surface area contributed by atoms with E-state index in [2.05, 4.69) is 5.32 Å². The number of amides is 2. The summed E-state index contributed by atoms with van der Waals surface area (Å²) in [6.07, 6.45) is 3.33. The van der Waals surface area contributed by atoms with Crippen molar-refractivity contribution in [2.75, 3.05) is 19.6 Å². The van der Waals surface area contributed by atoms with Crippen LogP contribution in [0.5, 0.6) is 0 Å². The molecule has 1 saturated heterocycles. The van der Waals surface area contributed by atoms with Crippen molar-refractivity contribution < 1.29 is 9.59 Å². The summed E-state index contributed by atoms with van der Waals surface area (Å²) in [6.45, 7) is 2.21. The molecule has 2 rings (SSSR count). The Kier molecular flexibility index (Phi) is 2.73. The standard InChI is InChI=1S/C10H15N3O2/c11-9(14)8-3-6-13(8)10(15)7-1-4-12-5-2-7/h1,8,12H,2-6H2,(H2,11,14). The molecular formula is C10H15N3O2. The molecule has 2 heterocycles. The normalized spacial score (nSPS) is 25.5. The summed E-state index contributed by atoms with van der Waals surface area (Å²) in [5.41, 5.74) is 6.00. The fourth-order valence-corrected chi connectivity index (χ4v) is 1.93. The van der Waals surface area contributed by atoms with Crippen LogP contribution >= 0.6 is 0 Å². The van der Waals surface area contributed by atoms with E-state index in [1.807, 2.05) is 6.08 Å². The fraction of sp³-hybridized carbons (Fsp3) is 0.600. The SMILES string of the molecule is NC(=O)C1CCN1C(=O)C1=CCNCC1. The number of hydrogen-bond acceptors (Lipinski definition) is 3. The smallest absolute Gasteiger partial charge is 0.250 e. The number of primary amides is 1. The number of hydrogen-bond donors (Lipinski definition) is 2. The molecule has 0 radical (unpaired) electrons. The maximum Gasteiger partial charge on any atom is 0.250 e. The molecule has 5 nitrogen and oxygen atoms in total. The van der Waals surface area contributed by atoms with Crippen LogP contribution in [0.25, 0.3) is 0 Å². The maximum atomic E-state index is 11.9. The Bertz CT molecular complexity index is 325. The monoisotopic (exact) mass is 209 g/mol. The molecule has 1 atom stereocenters. The highest BCUT2D eigenvalue weighted by molar-refractivity contribution is 5.97. The number of nitrogens with one attached hydrogen (secondary N) is 1. The summed E-state index contributed by atoms with van der Waals surface area (Å²) in [5, 5.41) is 3.14. The summed E-state index contributed by atoms with van der Waals surface area (Å²) in [5.74, 6) is -0.421. The lowest BCUT2D eigenvalue weighted by Gasteiger charge is -2.39. The second kappa shape index (κ2) is 4.02. The van der Waals surface area contributed by atoms with Crippen molar-refractivity contribution in [1.82, 2.24) is 10.2 Å². The Labute approximate surface area is 88.3 Å². The van der Waals surface area contributed by atoms with E-state index in [1.54, 1.807) is 4.90 Å². The molecule has 0 bridgehead atoms. The first-order valence-corrected chi connectivity index (χ1v) is 5.20. The molecule has 3 N–H and O–H groups in total. The van der Waals surface area contributed by atoms with Crippen molar-refractivity contribution >= 4 is 11.8 Å². The Morgan fingerprint density at radius 2 is 2.33 bits per heavy atom. The minimum absolute atomic E-state index is 0.0217. The molecular weight excluding hydrogens is 194 g/mol. The van der Waals surface area contributed by atoms with Gasteiger partial charge in [-0.2, -0.15) is 0 Å². The third kappa shape index (κ3) is 1.87. The van der Waals surface area contributed by atoms with Crippen molar-refractivity contribution in [3.8, 4) is 0 Å². The molecule has 5 heteroatoms. The summed E-state index contributed by atoms with van der Waals surface area (Å²) in [4.78, 5) is 24.5. The first kappa shape index (κ1) is 10.2. The van der Waals surface area contributed by atoms with Crippen LogP contribution in [0.2, 0.25) is 0 Å². The van der Waals surface area contributed by atoms with E-state index in [0.29, 0.717) is 13.0 Å². The maximum absolute atomic E-state index is 11.9. The van der Waals surface area contributed by atoms with Gasteiger partial charge in [0.1, 0.15) is 6.04 Å². The van der Waals surface area contributed by atoms with Gasteiger partial charge in [0.2, 0.25) is 11.8 Å². The number of carbonyl (C=O) groups excluding carboxylic acids is 2. The van der Waals surface area contributed by atoms with Crippen molar-refractivity contribution in [2.45, 2.75) is 18.9 Å². The van der Waals surface area contributed by atoms with Gasteiger partial charge in [-0.25, -0.2) is 0 Å². The number of carbonyl (C=O) groups is 2. The molecule has 0 aromatic rings. The molecule has 0 spiro atoms. The summed E-state index contributed by atoms with van der Waals surface area (Å²) in [6, 6.07) is -0.381. The highest BCUT2D eigenvalue weighted by Crippen LogP contribution is 2.21. The van der Waals surface area contributed by atoms with Gasteiger partial charge in [0.15, 0.2) is 0 Å². The number of nitrogens with two attached hydrogens (primary N) is 1. The Hall–Kier alpha value is -1.36. The number of nitrogens with zero attached hydrogens (tertiary/aromatic N) is 1. The molecule has 0 aliphatic carbocycles. The van der Waals surface area contributed by atoms with Crippen LogP contribution < -0.4 is 11.1 Å². The molecule has 0 aromatic heterocycles. The quantitative estimate of drug-likeness (QED) is 0.612. The van der Waals surface area contributed by atoms with Gasteiger partial charge in [-0.15, -0.1) is 0 Å². The molecule has 1 fully saturated rings. The van der Waals surface area contributed by atoms with Gasteiger partial charge in [0.25, 0.3) is 0 Å². The lowest BCUT2D eigenvalue weighted by Crippen LogP contribution is -2.57. The van der Waals surface area contributed by atoms with Crippen molar-refractivity contribution in [3.05, 3.63) is 11.6 Å². The van der Waals surface area contributed by atoms with E-state index < -0.39 is 5.91 Å². The first-order valence-electron chi connectivity index (χ1n) is 5.20. The van der Waals surface area contributed by atoms with Crippen LogP contribution in [0.3, 0.4) is 0 Å². The van der Waals surface area contributed by atoms with E-state index in [4.69, 9.17) is 5.73 Å².